The summed E-state index contributed by atoms with van der Waals surface area (Å²) in [6.45, 7) is 9.82. The number of hydrogen-bond donors (Lipinski definition) is 2. The van der Waals surface area contributed by atoms with E-state index in [1.165, 1.54) is 0 Å². The van der Waals surface area contributed by atoms with Gasteiger partial charge in [0.05, 0.1) is 58.0 Å². The molecule has 12 nitrogen and oxygen atoms in total. The molecule has 1 amide bonds. The van der Waals surface area contributed by atoms with Gasteiger partial charge in [0.25, 0.3) is 5.91 Å². The molecule has 0 saturated carbocycles. The second-order valence-electron chi connectivity index (χ2n) is 11.0. The first-order valence-electron chi connectivity index (χ1n) is 13.4. The van der Waals surface area contributed by atoms with Crippen molar-refractivity contribution in [2.45, 2.75) is 26.4 Å². The molecule has 1 aliphatic heterocycles. The summed E-state index contributed by atoms with van der Waals surface area (Å²) in [4.78, 5) is 19.7. The van der Waals surface area contributed by atoms with Crippen molar-refractivity contribution >= 4 is 33.8 Å². The van der Waals surface area contributed by atoms with Gasteiger partial charge in [-0.3, -0.25) is 24.0 Å². The number of amides is 1. The second-order valence-corrected chi connectivity index (χ2v) is 11.0. The molecular weight excluding hydrogens is 508 g/mol. The van der Waals surface area contributed by atoms with Gasteiger partial charge in [-0.05, 0) is 32.9 Å². The highest BCUT2D eigenvalue weighted by molar-refractivity contribution is 6.01. The summed E-state index contributed by atoms with van der Waals surface area (Å²) in [5.41, 5.74) is 5.74. The van der Waals surface area contributed by atoms with Gasteiger partial charge in [-0.2, -0.15) is 15.3 Å². The molecule has 5 aromatic heterocycles. The Labute approximate surface area is 231 Å². The Kier molecular flexibility index (Phi) is 6.51. The third-order valence-electron chi connectivity index (χ3n) is 7.30. The smallest absolute Gasteiger partial charge is 0.252 e. The van der Waals surface area contributed by atoms with E-state index in [2.05, 4.69) is 50.6 Å². The van der Waals surface area contributed by atoms with E-state index in [0.717, 1.165) is 52.9 Å². The number of fused-ring (bicyclic) bond motifs is 3. The second kappa shape index (κ2) is 10.0. The fourth-order valence-corrected chi connectivity index (χ4v) is 5.28. The molecule has 5 aromatic rings. The van der Waals surface area contributed by atoms with Gasteiger partial charge in [0.15, 0.2) is 5.82 Å². The Hall–Kier alpha value is -4.29. The van der Waals surface area contributed by atoms with Gasteiger partial charge in [0, 0.05) is 70.0 Å². The van der Waals surface area contributed by atoms with Crippen molar-refractivity contribution in [2.24, 2.45) is 14.1 Å². The highest BCUT2D eigenvalue weighted by Gasteiger charge is 2.26. The van der Waals surface area contributed by atoms with E-state index >= 15 is 0 Å². The molecule has 6 heterocycles. The average molecular weight is 543 g/mol. The number of ether oxygens (including phenoxy) is 1. The lowest BCUT2D eigenvalue weighted by molar-refractivity contribution is -0.0853. The predicted molar refractivity (Wildman–Crippen MR) is 153 cm³/mol. The maximum atomic E-state index is 13.0. The Morgan fingerprint density at radius 1 is 1.10 bits per heavy atom. The molecule has 0 unspecified atom stereocenters. The van der Waals surface area contributed by atoms with Crippen LogP contribution in [-0.2, 0) is 18.8 Å². The molecule has 0 aliphatic carbocycles. The van der Waals surface area contributed by atoms with Crippen LogP contribution in [0.15, 0.2) is 43.1 Å². The van der Waals surface area contributed by atoms with Crippen LogP contribution in [0.3, 0.4) is 0 Å². The molecule has 0 atom stereocenters. The molecule has 0 aromatic carbocycles. The topological polar surface area (TPSA) is 119 Å². The summed E-state index contributed by atoms with van der Waals surface area (Å²) in [5.74, 6) is 0.488. The van der Waals surface area contributed by atoms with E-state index in [4.69, 9.17) is 9.84 Å². The summed E-state index contributed by atoms with van der Waals surface area (Å²) in [6, 6.07) is 3.91. The number of aryl methyl sites for hydroxylation is 3. The van der Waals surface area contributed by atoms with Crippen molar-refractivity contribution in [1.29, 1.82) is 0 Å². The third-order valence-corrected chi connectivity index (χ3v) is 7.30. The van der Waals surface area contributed by atoms with Crippen molar-refractivity contribution < 1.29 is 9.53 Å². The highest BCUT2D eigenvalue weighted by Crippen LogP contribution is 2.31. The number of morpholine rings is 1. The molecular formula is C28H34N10O2. The van der Waals surface area contributed by atoms with Crippen LogP contribution in [0.2, 0.25) is 0 Å². The number of pyridine rings is 1. The van der Waals surface area contributed by atoms with Gasteiger partial charge in [-0.15, -0.1) is 0 Å². The van der Waals surface area contributed by atoms with E-state index in [9.17, 15) is 4.79 Å². The zero-order valence-electron chi connectivity index (χ0n) is 23.5. The Morgan fingerprint density at radius 2 is 1.95 bits per heavy atom. The van der Waals surface area contributed by atoms with Crippen molar-refractivity contribution in [3.8, 4) is 11.1 Å². The van der Waals surface area contributed by atoms with Crippen LogP contribution in [0, 0.1) is 6.92 Å². The third kappa shape index (κ3) is 5.03. The first-order chi connectivity index (χ1) is 19.2. The van der Waals surface area contributed by atoms with Crippen molar-refractivity contribution in [3.05, 3.63) is 54.4 Å². The quantitative estimate of drug-likeness (QED) is 0.322. The van der Waals surface area contributed by atoms with Crippen molar-refractivity contribution in [2.75, 3.05) is 38.1 Å². The number of rotatable bonds is 7. The maximum Gasteiger partial charge on any atom is 0.252 e. The van der Waals surface area contributed by atoms with Gasteiger partial charge in [0.2, 0.25) is 0 Å². The van der Waals surface area contributed by atoms with Crippen LogP contribution in [0.25, 0.3) is 27.5 Å². The fourth-order valence-electron chi connectivity index (χ4n) is 5.28. The standard InChI is InChI=1S/C28H34N10O2/c1-18-23(10-19(12-30-18)27(39)29-6-7-37-8-9-40-28(2,3)17-37)33-26-22-14-32-38-16-20(21-13-31-35(4)15-21)11-24(38)25(22)36(5)34-26/h10-16H,6-9,17H2,1-5H3,(H,29,39)(H,33,34). The number of aromatic nitrogens is 7. The Morgan fingerprint density at radius 3 is 2.73 bits per heavy atom. The minimum Gasteiger partial charge on any atom is -0.373 e. The molecule has 2 N–H and O–H groups in total. The molecule has 1 aliphatic rings. The first-order valence-corrected chi connectivity index (χ1v) is 13.4. The van der Waals surface area contributed by atoms with Gasteiger partial charge in [-0.1, -0.05) is 0 Å². The molecule has 208 valence electrons. The molecule has 0 bridgehead atoms. The molecule has 0 spiro atoms. The van der Waals surface area contributed by atoms with E-state index in [1.807, 2.05) is 54.9 Å². The molecule has 1 saturated heterocycles. The lowest BCUT2D eigenvalue weighted by atomic mass is 10.1. The summed E-state index contributed by atoms with van der Waals surface area (Å²) in [7, 11) is 3.81. The number of carbonyl (C=O) groups excluding carboxylic acids is 1. The highest BCUT2D eigenvalue weighted by atomic mass is 16.5. The number of anilines is 2. The van der Waals surface area contributed by atoms with Crippen LogP contribution in [0.5, 0.6) is 0 Å². The average Bonchev–Trinajstić information content (AvgIpc) is 3.61. The predicted octanol–water partition coefficient (Wildman–Crippen LogP) is 2.91. The molecule has 0 radical (unpaired) electrons. The SMILES string of the molecule is Cc1ncc(C(=O)NCCN2CCOC(C)(C)C2)cc1Nc1nn(C)c2c1cnn1cc(-c3cnn(C)c3)cc21. The van der Waals surface area contributed by atoms with Gasteiger partial charge in [0.1, 0.15) is 0 Å². The van der Waals surface area contributed by atoms with Crippen molar-refractivity contribution in [3.63, 3.8) is 0 Å². The monoisotopic (exact) mass is 542 g/mol. The normalized spacial score (nSPS) is 15.6. The Balaban J connectivity index is 1.20. The molecule has 12 heteroatoms. The van der Waals surface area contributed by atoms with E-state index in [1.54, 1.807) is 17.1 Å². The van der Waals surface area contributed by atoms with Crippen molar-refractivity contribution in [1.82, 2.24) is 44.4 Å². The lowest BCUT2D eigenvalue weighted by Crippen LogP contribution is -2.50. The largest absolute Gasteiger partial charge is 0.373 e. The summed E-state index contributed by atoms with van der Waals surface area (Å²) in [5, 5.41) is 20.9. The number of nitrogens with one attached hydrogen (secondary N) is 2. The lowest BCUT2D eigenvalue weighted by Gasteiger charge is -2.38. The maximum absolute atomic E-state index is 13.0. The number of hydrogen-bond acceptors (Lipinski definition) is 8. The van der Waals surface area contributed by atoms with E-state index in [-0.39, 0.29) is 11.5 Å². The minimum absolute atomic E-state index is 0.159. The van der Waals surface area contributed by atoms with Gasteiger partial charge >= 0.3 is 0 Å². The summed E-state index contributed by atoms with van der Waals surface area (Å²) in [6.07, 6.45) is 9.21. The fraction of sp³-hybridized carbons (Fsp3) is 0.393. The van der Waals surface area contributed by atoms with Gasteiger partial charge in [-0.25, -0.2) is 4.52 Å². The van der Waals surface area contributed by atoms with Crippen LogP contribution in [0.1, 0.15) is 29.9 Å². The molecule has 6 rings (SSSR count). The van der Waals surface area contributed by atoms with Gasteiger partial charge < -0.3 is 15.4 Å². The van der Waals surface area contributed by atoms with Crippen LogP contribution >= 0.6 is 0 Å². The molecule has 40 heavy (non-hydrogen) atoms. The van der Waals surface area contributed by atoms with Crippen LogP contribution in [0.4, 0.5) is 11.5 Å². The molecule has 1 fully saturated rings. The van der Waals surface area contributed by atoms with Crippen LogP contribution < -0.4 is 10.6 Å². The van der Waals surface area contributed by atoms with E-state index < -0.39 is 0 Å². The zero-order chi connectivity index (χ0) is 28.0. The summed E-state index contributed by atoms with van der Waals surface area (Å²) < 4.78 is 11.3. The zero-order valence-corrected chi connectivity index (χ0v) is 23.5. The first kappa shape index (κ1) is 26.0. The number of nitrogens with zero attached hydrogens (tertiary/aromatic N) is 8. The summed E-state index contributed by atoms with van der Waals surface area (Å²) >= 11 is 0. The minimum atomic E-state index is -0.163. The van der Waals surface area contributed by atoms with Crippen LogP contribution in [-0.4, -0.2) is 83.4 Å². The Bertz CT molecular complexity index is 1710. The van der Waals surface area contributed by atoms with E-state index in [0.29, 0.717) is 30.2 Å². The number of carbonyl (C=O) groups is 1.